The molecule has 0 saturated carbocycles. The Hall–Kier alpha value is -3.80. The van der Waals surface area contributed by atoms with Crippen LogP contribution in [-0.4, -0.2) is 23.4 Å². The Morgan fingerprint density at radius 2 is 1.77 bits per heavy atom. The number of Topliss-reactive ketones (excluding diaryl/α,β-unsaturated/α-hetero) is 1. The lowest BCUT2D eigenvalue weighted by molar-refractivity contribution is -0.132. The third-order valence-corrected chi connectivity index (χ3v) is 6.21. The van der Waals surface area contributed by atoms with Crippen LogP contribution in [0.5, 0.6) is 5.75 Å². The first-order chi connectivity index (χ1) is 16.5. The average molecular weight is 474 g/mol. The first-order valence-electron chi connectivity index (χ1n) is 11.7. The number of aryl methyl sites for hydroxylation is 2. The summed E-state index contributed by atoms with van der Waals surface area (Å²) in [6.45, 7) is 12.3. The average Bonchev–Trinajstić information content (AvgIpc) is 3.34. The molecule has 4 rings (SSSR count). The van der Waals surface area contributed by atoms with Crippen LogP contribution in [0.3, 0.4) is 0 Å². The molecule has 6 nitrogen and oxygen atoms in total. The van der Waals surface area contributed by atoms with Crippen LogP contribution in [0, 0.1) is 13.8 Å². The fraction of sp³-hybridized carbons (Fsp3) is 0.310. The van der Waals surface area contributed by atoms with Crippen molar-refractivity contribution in [1.82, 2.24) is 0 Å². The predicted molar refractivity (Wildman–Crippen MR) is 136 cm³/mol. The molecule has 2 aromatic carbocycles. The van der Waals surface area contributed by atoms with E-state index in [-0.39, 0.29) is 16.7 Å². The second kappa shape index (κ2) is 9.10. The Morgan fingerprint density at radius 3 is 2.37 bits per heavy atom. The number of ketones is 1. The maximum Gasteiger partial charge on any atom is 0.300 e. The molecule has 1 amide bonds. The van der Waals surface area contributed by atoms with Crippen LogP contribution in [0.4, 0.5) is 5.69 Å². The zero-order valence-corrected chi connectivity index (χ0v) is 21.0. The monoisotopic (exact) mass is 473 g/mol. The maximum atomic E-state index is 13.4. The number of amides is 1. The van der Waals surface area contributed by atoms with E-state index in [4.69, 9.17) is 9.15 Å². The van der Waals surface area contributed by atoms with Crippen LogP contribution in [0.2, 0.25) is 0 Å². The highest BCUT2D eigenvalue weighted by atomic mass is 16.5. The van der Waals surface area contributed by atoms with Crippen molar-refractivity contribution in [2.75, 3.05) is 11.5 Å². The van der Waals surface area contributed by atoms with Crippen LogP contribution in [0.1, 0.15) is 61.9 Å². The minimum atomic E-state index is -0.894. The van der Waals surface area contributed by atoms with Crippen LogP contribution in [0.25, 0.3) is 5.76 Å². The van der Waals surface area contributed by atoms with E-state index in [1.165, 1.54) is 4.90 Å². The summed E-state index contributed by atoms with van der Waals surface area (Å²) in [5.74, 6) is 0.0694. The molecule has 0 bridgehead atoms. The molecule has 0 aliphatic carbocycles. The zero-order valence-electron chi connectivity index (χ0n) is 21.0. The number of nitrogens with zero attached hydrogens (tertiary/aromatic N) is 1. The third-order valence-electron chi connectivity index (χ3n) is 6.21. The molecule has 6 heteroatoms. The van der Waals surface area contributed by atoms with Gasteiger partial charge < -0.3 is 14.3 Å². The summed E-state index contributed by atoms with van der Waals surface area (Å²) >= 11 is 0. The molecule has 1 N–H and O–H groups in total. The molecule has 35 heavy (non-hydrogen) atoms. The fourth-order valence-electron chi connectivity index (χ4n) is 4.48. The molecule has 1 aliphatic rings. The number of aliphatic hydroxyl groups is 1. The van der Waals surface area contributed by atoms with Crippen molar-refractivity contribution < 1.29 is 23.8 Å². The Labute approximate surface area is 205 Å². The van der Waals surface area contributed by atoms with E-state index in [0.29, 0.717) is 29.4 Å². The van der Waals surface area contributed by atoms with Gasteiger partial charge >= 0.3 is 0 Å². The van der Waals surface area contributed by atoms with E-state index in [0.717, 1.165) is 16.9 Å². The number of carbonyl (C=O) groups excluding carboxylic acids is 2. The van der Waals surface area contributed by atoms with Crippen molar-refractivity contribution in [2.24, 2.45) is 0 Å². The molecule has 182 valence electrons. The summed E-state index contributed by atoms with van der Waals surface area (Å²) in [6, 6.07) is 15.3. The molecule has 0 radical (unpaired) electrons. The van der Waals surface area contributed by atoms with Crippen molar-refractivity contribution in [3.63, 3.8) is 0 Å². The van der Waals surface area contributed by atoms with E-state index < -0.39 is 17.7 Å². The van der Waals surface area contributed by atoms with E-state index in [1.807, 2.05) is 38.1 Å². The first-order valence-corrected chi connectivity index (χ1v) is 11.7. The second-order valence-electron chi connectivity index (χ2n) is 9.80. The van der Waals surface area contributed by atoms with Gasteiger partial charge in [0.1, 0.15) is 29.1 Å². The number of anilines is 1. The van der Waals surface area contributed by atoms with Gasteiger partial charge in [0.05, 0.1) is 12.2 Å². The van der Waals surface area contributed by atoms with Crippen LogP contribution in [-0.2, 0) is 15.0 Å². The van der Waals surface area contributed by atoms with Gasteiger partial charge in [0.15, 0.2) is 0 Å². The molecule has 1 unspecified atom stereocenters. The normalized spacial score (nSPS) is 17.8. The Bertz CT molecular complexity index is 1320. The van der Waals surface area contributed by atoms with Gasteiger partial charge in [-0.2, -0.15) is 0 Å². The molecule has 1 fully saturated rings. The Kier molecular flexibility index (Phi) is 6.32. The van der Waals surface area contributed by atoms with Gasteiger partial charge in [0, 0.05) is 16.8 Å². The van der Waals surface area contributed by atoms with E-state index >= 15 is 0 Å². The minimum Gasteiger partial charge on any atom is -0.507 e. The van der Waals surface area contributed by atoms with E-state index in [2.05, 4.69) is 20.8 Å². The lowest BCUT2D eigenvalue weighted by atomic mass is 9.84. The van der Waals surface area contributed by atoms with Gasteiger partial charge in [-0.05, 0) is 68.1 Å². The van der Waals surface area contributed by atoms with Crippen molar-refractivity contribution in [3.8, 4) is 5.75 Å². The standard InChI is InChI=1S/C29H31NO5/c1-7-34-22-15-13-19(16-20(22)29(4,5)6)26(31)24-25(23-14-12-18(3)35-23)30(28(33)27(24)32)21-11-9-8-10-17(21)2/h8-16,25,31H,7H2,1-6H3/b26-24-. The Balaban J connectivity index is 1.95. The molecule has 2 heterocycles. The van der Waals surface area contributed by atoms with Gasteiger partial charge in [-0.15, -0.1) is 0 Å². The van der Waals surface area contributed by atoms with Crippen molar-refractivity contribution >= 4 is 23.1 Å². The topological polar surface area (TPSA) is 80.0 Å². The van der Waals surface area contributed by atoms with Crippen LogP contribution in [0.15, 0.2) is 64.6 Å². The van der Waals surface area contributed by atoms with E-state index in [9.17, 15) is 14.7 Å². The van der Waals surface area contributed by atoms with Gasteiger partial charge in [-0.1, -0.05) is 39.0 Å². The van der Waals surface area contributed by atoms with Crippen molar-refractivity contribution in [1.29, 1.82) is 0 Å². The van der Waals surface area contributed by atoms with Gasteiger partial charge in [-0.25, -0.2) is 0 Å². The lowest BCUT2D eigenvalue weighted by Crippen LogP contribution is -2.29. The lowest BCUT2D eigenvalue weighted by Gasteiger charge is -2.25. The molecule has 1 saturated heterocycles. The summed E-state index contributed by atoms with van der Waals surface area (Å²) in [5, 5.41) is 11.5. The summed E-state index contributed by atoms with van der Waals surface area (Å²) < 4.78 is 11.7. The fourth-order valence-corrected chi connectivity index (χ4v) is 4.48. The van der Waals surface area contributed by atoms with Crippen molar-refractivity contribution in [2.45, 2.75) is 53.0 Å². The number of carbonyl (C=O) groups is 2. The number of para-hydroxylation sites is 1. The van der Waals surface area contributed by atoms with E-state index in [1.54, 1.807) is 37.3 Å². The number of rotatable bonds is 5. The molecule has 3 aromatic rings. The van der Waals surface area contributed by atoms with Gasteiger partial charge in [0.25, 0.3) is 11.7 Å². The van der Waals surface area contributed by atoms with Crippen LogP contribution >= 0.6 is 0 Å². The van der Waals surface area contributed by atoms with Crippen molar-refractivity contribution in [3.05, 3.63) is 88.4 Å². The highest BCUT2D eigenvalue weighted by Crippen LogP contribution is 2.44. The minimum absolute atomic E-state index is 0.00313. The third kappa shape index (κ3) is 4.36. The number of hydrogen-bond donors (Lipinski definition) is 1. The second-order valence-corrected chi connectivity index (χ2v) is 9.80. The highest BCUT2D eigenvalue weighted by Gasteiger charge is 2.48. The Morgan fingerprint density at radius 1 is 1.06 bits per heavy atom. The number of ether oxygens (including phenoxy) is 1. The maximum absolute atomic E-state index is 13.4. The quantitative estimate of drug-likeness (QED) is 0.270. The molecular weight excluding hydrogens is 442 g/mol. The predicted octanol–water partition coefficient (Wildman–Crippen LogP) is 6.22. The van der Waals surface area contributed by atoms with Gasteiger partial charge in [0.2, 0.25) is 0 Å². The summed E-state index contributed by atoms with van der Waals surface area (Å²) in [6.07, 6.45) is 0. The zero-order chi connectivity index (χ0) is 25.5. The highest BCUT2D eigenvalue weighted by molar-refractivity contribution is 6.51. The summed E-state index contributed by atoms with van der Waals surface area (Å²) in [4.78, 5) is 28.1. The first kappa shape index (κ1) is 24.3. The molecule has 1 atom stereocenters. The number of benzene rings is 2. The molecule has 1 aliphatic heterocycles. The number of hydrogen-bond acceptors (Lipinski definition) is 5. The van der Waals surface area contributed by atoms with Crippen LogP contribution < -0.4 is 9.64 Å². The smallest absolute Gasteiger partial charge is 0.300 e. The summed E-state index contributed by atoms with van der Waals surface area (Å²) in [7, 11) is 0. The number of furan rings is 1. The summed E-state index contributed by atoms with van der Waals surface area (Å²) in [5.41, 5.74) is 2.48. The molecular formula is C29H31NO5. The van der Waals surface area contributed by atoms with Gasteiger partial charge in [-0.3, -0.25) is 14.5 Å². The largest absolute Gasteiger partial charge is 0.507 e. The SMILES string of the molecule is CCOc1ccc(/C(O)=C2/C(=O)C(=O)N(c3ccccc3C)C2c2ccc(C)o2)cc1C(C)(C)C. The molecule has 1 aromatic heterocycles. The molecule has 0 spiro atoms. The number of aliphatic hydroxyl groups excluding tert-OH is 1.